The highest BCUT2D eigenvalue weighted by atomic mass is 14.9. The third-order valence-electron chi connectivity index (χ3n) is 4.13. The van der Waals surface area contributed by atoms with Crippen LogP contribution in [0.3, 0.4) is 0 Å². The molecule has 0 bridgehead atoms. The highest BCUT2D eigenvalue weighted by Crippen LogP contribution is 2.40. The van der Waals surface area contributed by atoms with Crippen molar-refractivity contribution in [3.05, 3.63) is 59.2 Å². The van der Waals surface area contributed by atoms with Gasteiger partial charge < -0.3 is 5.32 Å². The third kappa shape index (κ3) is 2.15. The molecule has 1 aliphatic rings. The van der Waals surface area contributed by atoms with E-state index >= 15 is 0 Å². The second kappa shape index (κ2) is 5.10. The predicted molar refractivity (Wildman–Crippen MR) is 76.1 cm³/mol. The first kappa shape index (κ1) is 12.3. The summed E-state index contributed by atoms with van der Waals surface area (Å²) in [5.74, 6) is 0.448. The first-order valence-electron chi connectivity index (χ1n) is 6.83. The minimum atomic E-state index is 0.296. The van der Waals surface area contributed by atoms with Gasteiger partial charge in [0.2, 0.25) is 0 Å². The molecule has 0 fully saturated rings. The van der Waals surface area contributed by atoms with Crippen molar-refractivity contribution >= 4 is 0 Å². The van der Waals surface area contributed by atoms with Crippen molar-refractivity contribution in [3.8, 4) is 0 Å². The van der Waals surface area contributed by atoms with Gasteiger partial charge in [-0.3, -0.25) is 9.97 Å². The van der Waals surface area contributed by atoms with Crippen LogP contribution in [0, 0.1) is 6.92 Å². The molecule has 1 aliphatic carbocycles. The van der Waals surface area contributed by atoms with Crippen LogP contribution in [0.25, 0.3) is 0 Å². The Morgan fingerprint density at radius 2 is 2.21 bits per heavy atom. The molecule has 0 aliphatic heterocycles. The van der Waals surface area contributed by atoms with Gasteiger partial charge in [0, 0.05) is 36.2 Å². The lowest BCUT2D eigenvalue weighted by Gasteiger charge is -2.25. The number of hydrogen-bond acceptors (Lipinski definition) is 3. The molecule has 2 heterocycles. The molecule has 2 atom stereocenters. The van der Waals surface area contributed by atoms with Crippen LogP contribution >= 0.6 is 0 Å². The standard InChI is InChI=1S/C16H19N3/c1-11-7-9-18-10-14(11)16(17-2)13-6-5-12-4-3-8-19-15(12)13/h3-4,7-10,13,16-17H,5-6H2,1-2H3. The van der Waals surface area contributed by atoms with Crippen molar-refractivity contribution < 1.29 is 0 Å². The number of aromatic nitrogens is 2. The van der Waals surface area contributed by atoms with Crippen LogP contribution in [-0.2, 0) is 6.42 Å². The van der Waals surface area contributed by atoms with E-state index in [0.29, 0.717) is 12.0 Å². The fraction of sp³-hybridized carbons (Fsp3) is 0.375. The molecule has 3 rings (SSSR count). The Hall–Kier alpha value is -1.74. The van der Waals surface area contributed by atoms with E-state index in [1.807, 2.05) is 31.7 Å². The van der Waals surface area contributed by atoms with Gasteiger partial charge in [-0.1, -0.05) is 6.07 Å². The van der Waals surface area contributed by atoms with Gasteiger partial charge in [-0.05, 0) is 55.6 Å². The number of hydrogen-bond donors (Lipinski definition) is 1. The molecule has 0 aromatic carbocycles. The molecule has 2 unspecified atom stereocenters. The molecular weight excluding hydrogens is 234 g/mol. The van der Waals surface area contributed by atoms with Gasteiger partial charge in [0.15, 0.2) is 0 Å². The quantitative estimate of drug-likeness (QED) is 0.914. The third-order valence-corrected chi connectivity index (χ3v) is 4.13. The zero-order valence-corrected chi connectivity index (χ0v) is 11.4. The van der Waals surface area contributed by atoms with Crippen molar-refractivity contribution in [1.82, 2.24) is 15.3 Å². The number of nitrogens with zero attached hydrogens (tertiary/aromatic N) is 2. The van der Waals surface area contributed by atoms with E-state index in [1.165, 1.54) is 22.4 Å². The van der Waals surface area contributed by atoms with E-state index in [-0.39, 0.29) is 0 Å². The monoisotopic (exact) mass is 253 g/mol. The van der Waals surface area contributed by atoms with Crippen molar-refractivity contribution in [2.24, 2.45) is 0 Å². The summed E-state index contributed by atoms with van der Waals surface area (Å²) in [4.78, 5) is 8.89. The number of pyridine rings is 2. The second-order valence-corrected chi connectivity index (χ2v) is 5.19. The average Bonchev–Trinajstić information content (AvgIpc) is 2.86. The number of nitrogens with one attached hydrogen (secondary N) is 1. The van der Waals surface area contributed by atoms with Crippen LogP contribution < -0.4 is 5.32 Å². The first-order chi connectivity index (χ1) is 9.31. The molecule has 2 aromatic rings. The topological polar surface area (TPSA) is 37.8 Å². The Balaban J connectivity index is 1.99. The van der Waals surface area contributed by atoms with Crippen molar-refractivity contribution in [3.63, 3.8) is 0 Å². The predicted octanol–water partition coefficient (Wildman–Crippen LogP) is 2.78. The summed E-state index contributed by atoms with van der Waals surface area (Å²) in [6, 6.07) is 6.61. The van der Waals surface area contributed by atoms with Gasteiger partial charge in [0.1, 0.15) is 0 Å². The summed E-state index contributed by atoms with van der Waals surface area (Å²) < 4.78 is 0. The van der Waals surface area contributed by atoms with Crippen LogP contribution in [0.15, 0.2) is 36.8 Å². The maximum Gasteiger partial charge on any atom is 0.0485 e. The Bertz CT molecular complexity index is 580. The normalized spacial score (nSPS) is 19.2. The first-order valence-corrected chi connectivity index (χ1v) is 6.83. The van der Waals surface area contributed by atoms with Gasteiger partial charge in [0.25, 0.3) is 0 Å². The van der Waals surface area contributed by atoms with Gasteiger partial charge in [-0.15, -0.1) is 0 Å². The highest BCUT2D eigenvalue weighted by molar-refractivity contribution is 5.35. The summed E-state index contributed by atoms with van der Waals surface area (Å²) in [6.07, 6.45) is 8.03. The summed E-state index contributed by atoms with van der Waals surface area (Å²) >= 11 is 0. The highest BCUT2D eigenvalue weighted by Gasteiger charge is 2.31. The molecule has 3 heteroatoms. The molecular formula is C16H19N3. The van der Waals surface area contributed by atoms with Gasteiger partial charge in [-0.2, -0.15) is 0 Å². The van der Waals surface area contributed by atoms with Crippen LogP contribution in [0.4, 0.5) is 0 Å². The molecule has 0 saturated carbocycles. The molecule has 1 N–H and O–H groups in total. The summed E-state index contributed by atoms with van der Waals surface area (Å²) in [5, 5.41) is 3.46. The molecule has 2 aromatic heterocycles. The number of fused-ring (bicyclic) bond motifs is 1. The lowest BCUT2D eigenvalue weighted by molar-refractivity contribution is 0.467. The van der Waals surface area contributed by atoms with E-state index in [1.54, 1.807) is 0 Å². The van der Waals surface area contributed by atoms with E-state index in [2.05, 4.69) is 34.3 Å². The van der Waals surface area contributed by atoms with E-state index in [9.17, 15) is 0 Å². The SMILES string of the molecule is CNC(c1cnccc1C)C1CCc2cccnc21. The van der Waals surface area contributed by atoms with E-state index in [0.717, 1.165) is 12.8 Å². The number of aryl methyl sites for hydroxylation is 2. The molecule has 19 heavy (non-hydrogen) atoms. The number of likely N-dealkylation sites (N-methyl/N-ethyl adjacent to an activating group) is 1. The lowest BCUT2D eigenvalue weighted by atomic mass is 9.89. The van der Waals surface area contributed by atoms with Gasteiger partial charge in [0.05, 0.1) is 0 Å². The van der Waals surface area contributed by atoms with E-state index in [4.69, 9.17) is 0 Å². The summed E-state index contributed by atoms with van der Waals surface area (Å²) in [7, 11) is 2.03. The molecule has 3 nitrogen and oxygen atoms in total. The Labute approximate surface area is 114 Å². The van der Waals surface area contributed by atoms with Gasteiger partial charge >= 0.3 is 0 Å². The van der Waals surface area contributed by atoms with Crippen LogP contribution in [0.5, 0.6) is 0 Å². The Morgan fingerprint density at radius 3 is 3.00 bits per heavy atom. The number of rotatable bonds is 3. The maximum absolute atomic E-state index is 4.60. The average molecular weight is 253 g/mol. The second-order valence-electron chi connectivity index (χ2n) is 5.19. The van der Waals surface area contributed by atoms with Crippen LogP contribution in [-0.4, -0.2) is 17.0 Å². The molecule has 98 valence electrons. The lowest BCUT2D eigenvalue weighted by Crippen LogP contribution is -2.24. The zero-order chi connectivity index (χ0) is 13.2. The van der Waals surface area contributed by atoms with Crippen LogP contribution in [0.2, 0.25) is 0 Å². The van der Waals surface area contributed by atoms with E-state index < -0.39 is 0 Å². The largest absolute Gasteiger partial charge is 0.312 e. The summed E-state index contributed by atoms with van der Waals surface area (Å²) in [6.45, 7) is 2.15. The van der Waals surface area contributed by atoms with Gasteiger partial charge in [-0.25, -0.2) is 0 Å². The molecule has 0 spiro atoms. The van der Waals surface area contributed by atoms with Crippen molar-refractivity contribution in [1.29, 1.82) is 0 Å². The van der Waals surface area contributed by atoms with Crippen molar-refractivity contribution in [2.45, 2.75) is 31.7 Å². The minimum Gasteiger partial charge on any atom is -0.312 e. The van der Waals surface area contributed by atoms with Crippen molar-refractivity contribution in [2.75, 3.05) is 7.05 Å². The Kier molecular flexibility index (Phi) is 3.30. The molecule has 0 amide bonds. The van der Waals surface area contributed by atoms with Crippen LogP contribution in [0.1, 0.15) is 40.8 Å². The fourth-order valence-corrected chi connectivity index (χ4v) is 3.14. The minimum absolute atomic E-state index is 0.296. The fourth-order valence-electron chi connectivity index (χ4n) is 3.14. The maximum atomic E-state index is 4.60. The smallest absolute Gasteiger partial charge is 0.0485 e. The summed E-state index contributed by atoms with van der Waals surface area (Å²) in [5.41, 5.74) is 5.23. The molecule has 0 radical (unpaired) electrons. The Morgan fingerprint density at radius 1 is 1.32 bits per heavy atom. The zero-order valence-electron chi connectivity index (χ0n) is 11.4. The molecule has 0 saturated heterocycles.